The maximum Gasteiger partial charge on any atom is 0.259 e. The van der Waals surface area contributed by atoms with Gasteiger partial charge in [-0.3, -0.25) is 4.79 Å². The molecule has 0 unspecified atom stereocenters. The maximum absolute atomic E-state index is 12.3. The molecule has 1 N–H and O–H groups in total. The molecule has 2 rings (SSSR count). The molecule has 1 aromatic carbocycles. The highest BCUT2D eigenvalue weighted by Crippen LogP contribution is 2.20. The zero-order chi connectivity index (χ0) is 16.3. The van der Waals surface area contributed by atoms with Gasteiger partial charge in [-0.05, 0) is 31.2 Å². The third-order valence-corrected chi connectivity index (χ3v) is 3.24. The van der Waals surface area contributed by atoms with E-state index in [0.717, 1.165) is 11.6 Å². The lowest BCUT2D eigenvalue weighted by molar-refractivity contribution is 0.102. The molecular formula is C17H21N3O2. The van der Waals surface area contributed by atoms with Crippen LogP contribution in [0.25, 0.3) is 0 Å². The first kappa shape index (κ1) is 15.9. The fraction of sp³-hybridized carbons (Fsp3) is 0.353. The number of ether oxygens (including phenoxy) is 1. The number of anilines is 1. The molecule has 22 heavy (non-hydrogen) atoms. The molecule has 0 saturated heterocycles. The lowest BCUT2D eigenvalue weighted by Crippen LogP contribution is -2.20. The van der Waals surface area contributed by atoms with Gasteiger partial charge in [-0.1, -0.05) is 20.8 Å². The number of aromatic nitrogens is 2. The first-order valence-corrected chi connectivity index (χ1v) is 7.11. The summed E-state index contributed by atoms with van der Waals surface area (Å²) in [7, 11) is 1.60. The second-order valence-corrected chi connectivity index (χ2v) is 6.13. The summed E-state index contributed by atoms with van der Waals surface area (Å²) in [6.45, 7) is 7.94. The van der Waals surface area contributed by atoms with Gasteiger partial charge >= 0.3 is 0 Å². The summed E-state index contributed by atoms with van der Waals surface area (Å²) in [6, 6.07) is 7.16. The summed E-state index contributed by atoms with van der Waals surface area (Å²) < 4.78 is 5.09. The van der Waals surface area contributed by atoms with Crippen molar-refractivity contribution >= 4 is 11.6 Å². The number of methoxy groups -OCH3 is 1. The van der Waals surface area contributed by atoms with Crippen molar-refractivity contribution in [1.29, 1.82) is 0 Å². The van der Waals surface area contributed by atoms with Gasteiger partial charge in [0.15, 0.2) is 0 Å². The third kappa shape index (κ3) is 3.61. The van der Waals surface area contributed by atoms with Gasteiger partial charge in [0.1, 0.15) is 11.6 Å². The Labute approximate surface area is 130 Å². The fourth-order valence-corrected chi connectivity index (χ4v) is 1.92. The molecule has 0 aliphatic carbocycles. The molecular weight excluding hydrogens is 278 g/mol. The quantitative estimate of drug-likeness (QED) is 0.944. The molecule has 1 aromatic heterocycles. The maximum atomic E-state index is 12.3. The van der Waals surface area contributed by atoms with Crippen molar-refractivity contribution in [1.82, 2.24) is 9.97 Å². The molecule has 0 bridgehead atoms. The Morgan fingerprint density at radius 3 is 2.32 bits per heavy atom. The fourth-order valence-electron chi connectivity index (χ4n) is 1.92. The molecule has 116 valence electrons. The van der Waals surface area contributed by atoms with E-state index in [9.17, 15) is 4.79 Å². The van der Waals surface area contributed by atoms with Gasteiger partial charge in [-0.15, -0.1) is 0 Å². The number of aryl methyl sites for hydroxylation is 1. The van der Waals surface area contributed by atoms with Gasteiger partial charge in [-0.25, -0.2) is 9.97 Å². The number of carbonyl (C=O) groups excluding carboxylic acids is 1. The first-order valence-electron chi connectivity index (χ1n) is 7.11. The molecule has 0 radical (unpaired) electrons. The first-order chi connectivity index (χ1) is 10.3. The molecule has 0 atom stereocenters. The summed E-state index contributed by atoms with van der Waals surface area (Å²) in [4.78, 5) is 21.1. The highest BCUT2D eigenvalue weighted by Gasteiger charge is 2.20. The number of hydrogen-bond donors (Lipinski definition) is 1. The number of nitrogens with one attached hydrogen (secondary N) is 1. The summed E-state index contributed by atoms with van der Waals surface area (Å²) in [6.07, 6.45) is 1.59. The minimum absolute atomic E-state index is 0.143. The molecule has 1 amide bonds. The molecule has 0 aliphatic rings. The van der Waals surface area contributed by atoms with Crippen LogP contribution in [0.4, 0.5) is 5.69 Å². The Bertz CT molecular complexity index is 673. The van der Waals surface area contributed by atoms with E-state index < -0.39 is 0 Å². The Hall–Kier alpha value is -2.43. The third-order valence-electron chi connectivity index (χ3n) is 3.24. The van der Waals surface area contributed by atoms with Gasteiger partial charge in [-0.2, -0.15) is 0 Å². The summed E-state index contributed by atoms with van der Waals surface area (Å²) in [5.74, 6) is 1.25. The number of amides is 1. The predicted octanol–water partition coefficient (Wildman–Crippen LogP) is 3.34. The molecule has 1 heterocycles. The van der Waals surface area contributed by atoms with Crippen molar-refractivity contribution in [3.63, 3.8) is 0 Å². The second-order valence-electron chi connectivity index (χ2n) is 6.13. The Morgan fingerprint density at radius 1 is 1.18 bits per heavy atom. The van der Waals surface area contributed by atoms with E-state index in [1.807, 2.05) is 27.7 Å². The van der Waals surface area contributed by atoms with E-state index in [2.05, 4.69) is 15.3 Å². The zero-order valence-corrected chi connectivity index (χ0v) is 13.6. The lowest BCUT2D eigenvalue weighted by Gasteiger charge is -2.17. The van der Waals surface area contributed by atoms with Gasteiger partial charge in [0, 0.05) is 17.3 Å². The van der Waals surface area contributed by atoms with Crippen LogP contribution in [0.3, 0.4) is 0 Å². The standard InChI is InChI=1S/C17H21N3O2/c1-11-14(10-18-16(19-11)17(2,3)4)15(21)20-12-6-8-13(22-5)9-7-12/h6-10H,1-5H3,(H,20,21). The van der Waals surface area contributed by atoms with E-state index in [1.54, 1.807) is 37.6 Å². The van der Waals surface area contributed by atoms with Crippen molar-refractivity contribution in [2.75, 3.05) is 12.4 Å². The second kappa shape index (κ2) is 6.13. The van der Waals surface area contributed by atoms with E-state index >= 15 is 0 Å². The lowest BCUT2D eigenvalue weighted by atomic mass is 9.95. The molecule has 0 fully saturated rings. The minimum Gasteiger partial charge on any atom is -0.497 e. The van der Waals surface area contributed by atoms with Crippen LogP contribution in [-0.2, 0) is 5.41 Å². The Balaban J connectivity index is 2.18. The van der Waals surface area contributed by atoms with Gasteiger partial charge in [0.2, 0.25) is 0 Å². The van der Waals surface area contributed by atoms with E-state index in [0.29, 0.717) is 16.9 Å². The molecule has 0 aliphatic heterocycles. The monoisotopic (exact) mass is 299 g/mol. The summed E-state index contributed by atoms with van der Waals surface area (Å²) in [5.41, 5.74) is 1.70. The van der Waals surface area contributed by atoms with Crippen LogP contribution >= 0.6 is 0 Å². The normalized spacial score (nSPS) is 11.1. The summed E-state index contributed by atoms with van der Waals surface area (Å²) in [5, 5.41) is 2.83. The topological polar surface area (TPSA) is 64.1 Å². The highest BCUT2D eigenvalue weighted by molar-refractivity contribution is 6.04. The van der Waals surface area contributed by atoms with E-state index in [-0.39, 0.29) is 11.3 Å². The van der Waals surface area contributed by atoms with Crippen LogP contribution in [0.1, 0.15) is 42.6 Å². The average Bonchev–Trinajstić information content (AvgIpc) is 2.46. The van der Waals surface area contributed by atoms with Crippen LogP contribution < -0.4 is 10.1 Å². The molecule has 5 heteroatoms. The summed E-state index contributed by atoms with van der Waals surface area (Å²) >= 11 is 0. The Morgan fingerprint density at radius 2 is 1.82 bits per heavy atom. The molecule has 5 nitrogen and oxygen atoms in total. The number of rotatable bonds is 3. The SMILES string of the molecule is COc1ccc(NC(=O)c2cnc(C(C)(C)C)nc2C)cc1. The number of benzene rings is 1. The van der Waals surface area contributed by atoms with Crippen molar-refractivity contribution in [2.24, 2.45) is 0 Å². The smallest absolute Gasteiger partial charge is 0.259 e. The average molecular weight is 299 g/mol. The van der Waals surface area contributed by atoms with Crippen LogP contribution in [0.2, 0.25) is 0 Å². The van der Waals surface area contributed by atoms with Gasteiger partial charge < -0.3 is 10.1 Å². The minimum atomic E-state index is -0.219. The van der Waals surface area contributed by atoms with Crippen molar-refractivity contribution in [2.45, 2.75) is 33.1 Å². The molecule has 2 aromatic rings. The van der Waals surface area contributed by atoms with Crippen LogP contribution in [0.5, 0.6) is 5.75 Å². The van der Waals surface area contributed by atoms with Crippen LogP contribution in [0, 0.1) is 6.92 Å². The number of nitrogens with zero attached hydrogens (tertiary/aromatic N) is 2. The highest BCUT2D eigenvalue weighted by atomic mass is 16.5. The van der Waals surface area contributed by atoms with Gasteiger partial charge in [0.05, 0.1) is 18.4 Å². The molecule has 0 saturated carbocycles. The van der Waals surface area contributed by atoms with Crippen molar-refractivity contribution < 1.29 is 9.53 Å². The number of carbonyl (C=O) groups is 1. The van der Waals surface area contributed by atoms with E-state index in [4.69, 9.17) is 4.74 Å². The van der Waals surface area contributed by atoms with Crippen LogP contribution in [-0.4, -0.2) is 23.0 Å². The van der Waals surface area contributed by atoms with Crippen molar-refractivity contribution in [3.05, 3.63) is 47.5 Å². The van der Waals surface area contributed by atoms with Crippen molar-refractivity contribution in [3.8, 4) is 5.75 Å². The predicted molar refractivity (Wildman–Crippen MR) is 86.4 cm³/mol. The largest absolute Gasteiger partial charge is 0.497 e. The number of hydrogen-bond acceptors (Lipinski definition) is 4. The van der Waals surface area contributed by atoms with E-state index in [1.165, 1.54) is 0 Å². The zero-order valence-electron chi connectivity index (χ0n) is 13.6. The van der Waals surface area contributed by atoms with Crippen LogP contribution in [0.15, 0.2) is 30.5 Å². The Kier molecular flexibility index (Phi) is 4.45. The van der Waals surface area contributed by atoms with Gasteiger partial charge in [0.25, 0.3) is 5.91 Å². The molecule has 0 spiro atoms.